The molecule has 1 atom stereocenters. The Kier molecular flexibility index (Phi) is 4.79. The van der Waals surface area contributed by atoms with E-state index in [-0.39, 0.29) is 5.92 Å². The molecule has 6 heteroatoms. The molecule has 0 amide bonds. The lowest BCUT2D eigenvalue weighted by Crippen LogP contribution is -2.00. The van der Waals surface area contributed by atoms with Gasteiger partial charge >= 0.3 is 0 Å². The Morgan fingerprint density at radius 2 is 2.30 bits per heavy atom. The van der Waals surface area contributed by atoms with Gasteiger partial charge in [-0.15, -0.1) is 11.3 Å². The minimum atomic E-state index is -0.345. The summed E-state index contributed by atoms with van der Waals surface area (Å²) in [6.07, 6.45) is 4.49. The Labute approximate surface area is 139 Å². The lowest BCUT2D eigenvalue weighted by atomic mass is 10.2. The van der Waals surface area contributed by atoms with Crippen molar-refractivity contribution in [3.63, 3.8) is 0 Å². The Hall–Kier alpha value is -2.52. The molecule has 0 aliphatic heterocycles. The first-order valence-corrected chi connectivity index (χ1v) is 8.37. The van der Waals surface area contributed by atoms with E-state index in [1.165, 1.54) is 11.3 Å². The van der Waals surface area contributed by atoms with Crippen LogP contribution in [0.2, 0.25) is 0 Å². The monoisotopic (exact) mass is 323 g/mol. The minimum Gasteiger partial charge on any atom is -0.331 e. The molecular formula is C17H17N5S. The number of para-hydroxylation sites is 2. The van der Waals surface area contributed by atoms with Crippen molar-refractivity contribution in [1.82, 2.24) is 14.5 Å². The van der Waals surface area contributed by atoms with Crippen molar-refractivity contribution in [2.24, 2.45) is 4.99 Å². The quantitative estimate of drug-likeness (QED) is 0.514. The number of aryl methyl sites for hydroxylation is 2. The first-order chi connectivity index (χ1) is 11.3. The summed E-state index contributed by atoms with van der Waals surface area (Å²) in [5, 5.41) is 12.0. The van der Waals surface area contributed by atoms with E-state index in [9.17, 15) is 5.26 Å². The van der Waals surface area contributed by atoms with Crippen LogP contribution < -0.4 is 0 Å². The zero-order chi connectivity index (χ0) is 16.1. The third-order valence-electron chi connectivity index (χ3n) is 3.51. The number of hydrogen-bond acceptors (Lipinski definition) is 5. The van der Waals surface area contributed by atoms with Crippen molar-refractivity contribution in [3.05, 3.63) is 46.7 Å². The molecule has 0 aliphatic carbocycles. The second-order valence-corrected chi connectivity index (χ2v) is 6.16. The van der Waals surface area contributed by atoms with Crippen molar-refractivity contribution < 1.29 is 0 Å². The Balaban J connectivity index is 1.54. The van der Waals surface area contributed by atoms with Gasteiger partial charge in [0.15, 0.2) is 0 Å². The van der Waals surface area contributed by atoms with Crippen molar-refractivity contribution in [2.45, 2.75) is 25.8 Å². The summed E-state index contributed by atoms with van der Waals surface area (Å²) in [5.41, 5.74) is 3.11. The maximum Gasteiger partial charge on any atom is 0.133 e. The van der Waals surface area contributed by atoms with Gasteiger partial charge in [-0.2, -0.15) is 5.26 Å². The summed E-state index contributed by atoms with van der Waals surface area (Å²) >= 11 is 1.51. The van der Waals surface area contributed by atoms with Gasteiger partial charge in [0.2, 0.25) is 0 Å². The number of aliphatic imine (C=N–C) groups is 1. The molecule has 2 heterocycles. The molecule has 0 spiro atoms. The van der Waals surface area contributed by atoms with E-state index in [1.807, 2.05) is 36.8 Å². The summed E-state index contributed by atoms with van der Waals surface area (Å²) in [7, 11) is 0. The average Bonchev–Trinajstić information content (AvgIpc) is 3.18. The molecule has 23 heavy (non-hydrogen) atoms. The highest BCUT2D eigenvalue weighted by atomic mass is 32.1. The average molecular weight is 323 g/mol. The molecule has 1 aromatic carbocycles. The van der Waals surface area contributed by atoms with Crippen LogP contribution in [0.1, 0.15) is 23.0 Å². The van der Waals surface area contributed by atoms with Gasteiger partial charge in [-0.3, -0.25) is 4.99 Å². The van der Waals surface area contributed by atoms with E-state index in [1.54, 1.807) is 6.21 Å². The molecule has 5 nitrogen and oxygen atoms in total. The second kappa shape index (κ2) is 7.16. The zero-order valence-corrected chi connectivity index (χ0v) is 13.7. The lowest BCUT2D eigenvalue weighted by Gasteiger charge is -2.02. The fourth-order valence-electron chi connectivity index (χ4n) is 2.37. The van der Waals surface area contributed by atoms with Gasteiger partial charge in [-0.05, 0) is 25.5 Å². The molecule has 2 aromatic heterocycles. The summed E-state index contributed by atoms with van der Waals surface area (Å²) in [4.78, 5) is 13.1. The fourth-order valence-corrected chi connectivity index (χ4v) is 3.17. The standard InChI is InChI=1S/C17H17N5S/c1-13-11-23-17(21-13)14(9-18)10-19-7-4-8-22-12-20-15-5-2-3-6-16(15)22/h2-3,5-6,10-12,14H,4,7-8H2,1H3/t14-/m0/s1. The third-order valence-corrected chi connectivity index (χ3v) is 4.56. The molecule has 0 N–H and O–H groups in total. The SMILES string of the molecule is Cc1csc([C@@H](C#N)C=NCCCn2cnc3ccccc32)n1. The summed E-state index contributed by atoms with van der Waals surface area (Å²) in [5.74, 6) is -0.345. The van der Waals surface area contributed by atoms with E-state index in [0.717, 1.165) is 34.7 Å². The van der Waals surface area contributed by atoms with Crippen LogP contribution in [0.25, 0.3) is 11.0 Å². The Bertz CT molecular complexity index is 855. The highest BCUT2D eigenvalue weighted by molar-refractivity contribution is 7.09. The molecular weight excluding hydrogens is 306 g/mol. The van der Waals surface area contributed by atoms with Gasteiger partial charge in [-0.1, -0.05) is 12.1 Å². The molecule has 0 radical (unpaired) electrons. The van der Waals surface area contributed by atoms with Crippen LogP contribution in [0.3, 0.4) is 0 Å². The number of nitrogens with zero attached hydrogens (tertiary/aromatic N) is 5. The largest absolute Gasteiger partial charge is 0.331 e. The predicted molar refractivity (Wildman–Crippen MR) is 92.9 cm³/mol. The second-order valence-electron chi connectivity index (χ2n) is 5.27. The number of aromatic nitrogens is 3. The van der Waals surface area contributed by atoms with E-state index in [4.69, 9.17) is 0 Å². The fraction of sp³-hybridized carbons (Fsp3) is 0.294. The molecule has 0 saturated heterocycles. The number of imidazole rings is 1. The van der Waals surface area contributed by atoms with Crippen LogP contribution in [0, 0.1) is 18.3 Å². The van der Waals surface area contributed by atoms with E-state index < -0.39 is 0 Å². The van der Waals surface area contributed by atoms with Crippen molar-refractivity contribution >= 4 is 28.6 Å². The third kappa shape index (κ3) is 3.63. The van der Waals surface area contributed by atoms with Gasteiger partial charge < -0.3 is 4.57 Å². The van der Waals surface area contributed by atoms with Crippen LogP contribution in [0.4, 0.5) is 0 Å². The number of benzene rings is 1. The first-order valence-electron chi connectivity index (χ1n) is 7.49. The predicted octanol–water partition coefficient (Wildman–Crippen LogP) is 3.57. The van der Waals surface area contributed by atoms with Gasteiger partial charge in [0.1, 0.15) is 10.9 Å². The molecule has 0 saturated carbocycles. The highest BCUT2D eigenvalue weighted by Gasteiger charge is 2.11. The molecule has 0 bridgehead atoms. The normalized spacial score (nSPS) is 12.7. The summed E-state index contributed by atoms with van der Waals surface area (Å²) in [6, 6.07) is 10.3. The summed E-state index contributed by atoms with van der Waals surface area (Å²) in [6.45, 7) is 3.49. The summed E-state index contributed by atoms with van der Waals surface area (Å²) < 4.78 is 2.14. The molecule has 116 valence electrons. The smallest absolute Gasteiger partial charge is 0.133 e. The number of nitriles is 1. The van der Waals surface area contributed by atoms with Crippen molar-refractivity contribution in [1.29, 1.82) is 5.26 Å². The topological polar surface area (TPSA) is 66.9 Å². The van der Waals surface area contributed by atoms with Gasteiger partial charge in [-0.25, -0.2) is 9.97 Å². The molecule has 0 fully saturated rings. The van der Waals surface area contributed by atoms with Gasteiger partial charge in [0.05, 0.1) is 23.4 Å². The Morgan fingerprint density at radius 1 is 1.43 bits per heavy atom. The number of fused-ring (bicyclic) bond motifs is 1. The molecule has 3 aromatic rings. The lowest BCUT2D eigenvalue weighted by molar-refractivity contribution is 0.666. The van der Waals surface area contributed by atoms with E-state index >= 15 is 0 Å². The molecule has 0 aliphatic rings. The van der Waals surface area contributed by atoms with Crippen LogP contribution in [-0.4, -0.2) is 27.3 Å². The van der Waals surface area contributed by atoms with Crippen LogP contribution >= 0.6 is 11.3 Å². The first kappa shape index (κ1) is 15.4. The highest BCUT2D eigenvalue weighted by Crippen LogP contribution is 2.18. The number of thiazole rings is 1. The van der Waals surface area contributed by atoms with Gasteiger partial charge in [0, 0.05) is 30.4 Å². The minimum absolute atomic E-state index is 0.345. The van der Waals surface area contributed by atoms with E-state index in [0.29, 0.717) is 6.54 Å². The number of rotatable bonds is 6. The van der Waals surface area contributed by atoms with Crippen molar-refractivity contribution in [2.75, 3.05) is 6.54 Å². The van der Waals surface area contributed by atoms with Crippen LogP contribution in [0.15, 0.2) is 41.0 Å². The number of hydrogen-bond donors (Lipinski definition) is 0. The maximum absolute atomic E-state index is 9.23. The van der Waals surface area contributed by atoms with Crippen molar-refractivity contribution in [3.8, 4) is 6.07 Å². The molecule has 3 rings (SSSR count). The van der Waals surface area contributed by atoms with Gasteiger partial charge in [0.25, 0.3) is 0 Å². The van der Waals surface area contributed by atoms with E-state index in [2.05, 4.69) is 31.7 Å². The molecule has 0 unspecified atom stereocenters. The zero-order valence-electron chi connectivity index (χ0n) is 12.9. The van der Waals surface area contributed by atoms with Crippen LogP contribution in [-0.2, 0) is 6.54 Å². The van der Waals surface area contributed by atoms with Crippen LogP contribution in [0.5, 0.6) is 0 Å². The maximum atomic E-state index is 9.23. The Morgan fingerprint density at radius 3 is 3.09 bits per heavy atom.